The van der Waals surface area contributed by atoms with Gasteiger partial charge in [-0.2, -0.15) is 0 Å². The predicted molar refractivity (Wildman–Crippen MR) is 89.2 cm³/mol. The third-order valence-electron chi connectivity index (χ3n) is 4.34. The number of nitrogens with one attached hydrogen (secondary N) is 1. The first kappa shape index (κ1) is 14.3. The Hall–Kier alpha value is -1.64. The Morgan fingerprint density at radius 2 is 1.62 bits per heavy atom. The van der Waals surface area contributed by atoms with Gasteiger partial charge in [-0.1, -0.05) is 54.6 Å². The molecule has 1 heterocycles. The highest BCUT2D eigenvalue weighted by Gasteiger charge is 2.21. The summed E-state index contributed by atoms with van der Waals surface area (Å²) in [6.45, 7) is 7.82. The zero-order chi connectivity index (χ0) is 14.7. The molecule has 0 radical (unpaired) electrons. The lowest BCUT2D eigenvalue weighted by molar-refractivity contribution is 0.139. The summed E-state index contributed by atoms with van der Waals surface area (Å²) in [6, 6.07) is 20.8. The van der Waals surface area contributed by atoms with E-state index in [9.17, 15) is 0 Å². The minimum absolute atomic E-state index is 0.588. The molecule has 1 saturated heterocycles. The molecule has 0 bridgehead atoms. The normalized spacial score (nSPS) is 23.1. The van der Waals surface area contributed by atoms with Crippen molar-refractivity contribution in [2.45, 2.75) is 32.5 Å². The molecule has 2 aromatic rings. The summed E-state index contributed by atoms with van der Waals surface area (Å²) in [4.78, 5) is 2.57. The minimum Gasteiger partial charge on any atom is -0.311 e. The van der Waals surface area contributed by atoms with Crippen LogP contribution in [0.25, 0.3) is 11.1 Å². The molecular weight excluding hydrogens is 256 g/mol. The summed E-state index contributed by atoms with van der Waals surface area (Å²) in [5.41, 5.74) is 3.98. The number of hydrogen-bond acceptors (Lipinski definition) is 2. The van der Waals surface area contributed by atoms with E-state index in [-0.39, 0.29) is 0 Å². The van der Waals surface area contributed by atoms with Crippen molar-refractivity contribution < 1.29 is 0 Å². The van der Waals surface area contributed by atoms with Crippen LogP contribution in [0.2, 0.25) is 0 Å². The Balaban J connectivity index is 1.70. The molecule has 0 spiro atoms. The maximum Gasteiger partial charge on any atom is 0.0237 e. The van der Waals surface area contributed by atoms with Gasteiger partial charge in [-0.15, -0.1) is 0 Å². The van der Waals surface area contributed by atoms with Gasteiger partial charge in [0.2, 0.25) is 0 Å². The van der Waals surface area contributed by atoms with E-state index in [2.05, 4.69) is 78.7 Å². The van der Waals surface area contributed by atoms with Crippen molar-refractivity contribution in [3.05, 3.63) is 60.2 Å². The van der Waals surface area contributed by atoms with Crippen molar-refractivity contribution in [3.8, 4) is 11.1 Å². The lowest BCUT2D eigenvalue weighted by Gasteiger charge is -2.37. The van der Waals surface area contributed by atoms with E-state index in [1.807, 2.05) is 0 Å². The van der Waals surface area contributed by atoms with Gasteiger partial charge in [0.1, 0.15) is 0 Å². The van der Waals surface area contributed by atoms with Crippen molar-refractivity contribution in [1.29, 1.82) is 0 Å². The molecule has 0 aromatic heterocycles. The van der Waals surface area contributed by atoms with Gasteiger partial charge in [0, 0.05) is 31.7 Å². The summed E-state index contributed by atoms with van der Waals surface area (Å²) in [5.74, 6) is 0. The van der Waals surface area contributed by atoms with Crippen LogP contribution in [0.4, 0.5) is 0 Å². The van der Waals surface area contributed by atoms with Crippen LogP contribution in [0.1, 0.15) is 19.4 Å². The molecule has 3 rings (SSSR count). The summed E-state index contributed by atoms with van der Waals surface area (Å²) in [5, 5.41) is 3.54. The van der Waals surface area contributed by atoms with Gasteiger partial charge in [0.25, 0.3) is 0 Å². The highest BCUT2D eigenvalue weighted by atomic mass is 15.2. The van der Waals surface area contributed by atoms with Gasteiger partial charge in [-0.25, -0.2) is 0 Å². The highest BCUT2D eigenvalue weighted by Crippen LogP contribution is 2.20. The van der Waals surface area contributed by atoms with Gasteiger partial charge >= 0.3 is 0 Å². The SMILES string of the molecule is CC1CN(Cc2ccc(-c3ccccc3)cc2)C(C)CN1. The fourth-order valence-corrected chi connectivity index (χ4v) is 2.99. The molecule has 0 aliphatic carbocycles. The van der Waals surface area contributed by atoms with Crippen LogP contribution < -0.4 is 5.32 Å². The summed E-state index contributed by atoms with van der Waals surface area (Å²) in [6.07, 6.45) is 0. The van der Waals surface area contributed by atoms with Crippen LogP contribution in [0.5, 0.6) is 0 Å². The second kappa shape index (κ2) is 6.42. The lowest BCUT2D eigenvalue weighted by atomic mass is 10.0. The van der Waals surface area contributed by atoms with Gasteiger partial charge in [0.15, 0.2) is 0 Å². The van der Waals surface area contributed by atoms with Crippen molar-refractivity contribution in [1.82, 2.24) is 10.2 Å². The van der Waals surface area contributed by atoms with Crippen molar-refractivity contribution in [2.75, 3.05) is 13.1 Å². The van der Waals surface area contributed by atoms with Crippen molar-refractivity contribution >= 4 is 0 Å². The average Bonchev–Trinajstić information content (AvgIpc) is 2.53. The van der Waals surface area contributed by atoms with E-state index >= 15 is 0 Å². The van der Waals surface area contributed by atoms with Crippen molar-refractivity contribution in [3.63, 3.8) is 0 Å². The van der Waals surface area contributed by atoms with Crippen LogP contribution in [-0.4, -0.2) is 30.1 Å². The number of nitrogens with zero attached hydrogens (tertiary/aromatic N) is 1. The number of piperazine rings is 1. The Bertz CT molecular complexity index is 562. The topological polar surface area (TPSA) is 15.3 Å². The summed E-state index contributed by atoms with van der Waals surface area (Å²) in [7, 11) is 0. The maximum absolute atomic E-state index is 3.54. The second-order valence-corrected chi connectivity index (χ2v) is 6.15. The highest BCUT2D eigenvalue weighted by molar-refractivity contribution is 5.63. The third-order valence-corrected chi connectivity index (χ3v) is 4.34. The number of rotatable bonds is 3. The Morgan fingerprint density at radius 1 is 0.952 bits per heavy atom. The summed E-state index contributed by atoms with van der Waals surface area (Å²) >= 11 is 0. The molecule has 2 atom stereocenters. The minimum atomic E-state index is 0.588. The molecule has 1 N–H and O–H groups in total. The van der Waals surface area contributed by atoms with E-state index in [0.29, 0.717) is 12.1 Å². The van der Waals surface area contributed by atoms with Crippen LogP contribution in [-0.2, 0) is 6.54 Å². The molecular formula is C19H24N2. The number of benzene rings is 2. The van der Waals surface area contributed by atoms with E-state index in [4.69, 9.17) is 0 Å². The maximum atomic E-state index is 3.54. The first-order chi connectivity index (χ1) is 10.2. The van der Waals surface area contributed by atoms with Crippen LogP contribution >= 0.6 is 0 Å². The molecule has 2 heteroatoms. The molecule has 1 aliphatic heterocycles. The van der Waals surface area contributed by atoms with Gasteiger partial charge < -0.3 is 5.32 Å². The van der Waals surface area contributed by atoms with Crippen LogP contribution in [0.15, 0.2) is 54.6 Å². The van der Waals surface area contributed by atoms with Gasteiger partial charge in [-0.3, -0.25) is 4.90 Å². The smallest absolute Gasteiger partial charge is 0.0237 e. The van der Waals surface area contributed by atoms with Crippen LogP contribution in [0, 0.1) is 0 Å². The Morgan fingerprint density at radius 3 is 2.33 bits per heavy atom. The molecule has 1 fully saturated rings. The molecule has 2 nitrogen and oxygen atoms in total. The largest absolute Gasteiger partial charge is 0.311 e. The van der Waals surface area contributed by atoms with Crippen molar-refractivity contribution in [2.24, 2.45) is 0 Å². The molecule has 1 aliphatic rings. The molecule has 110 valence electrons. The lowest BCUT2D eigenvalue weighted by Crippen LogP contribution is -2.53. The second-order valence-electron chi connectivity index (χ2n) is 6.15. The van der Waals surface area contributed by atoms with E-state index in [1.165, 1.54) is 16.7 Å². The Kier molecular flexibility index (Phi) is 4.37. The quantitative estimate of drug-likeness (QED) is 0.925. The van der Waals surface area contributed by atoms with Crippen LogP contribution in [0.3, 0.4) is 0 Å². The van der Waals surface area contributed by atoms with Gasteiger partial charge in [0.05, 0.1) is 0 Å². The zero-order valence-electron chi connectivity index (χ0n) is 12.9. The third kappa shape index (κ3) is 3.52. The number of hydrogen-bond donors (Lipinski definition) is 1. The van der Waals surface area contributed by atoms with Gasteiger partial charge in [-0.05, 0) is 30.5 Å². The molecule has 2 unspecified atom stereocenters. The van der Waals surface area contributed by atoms with E-state index in [0.717, 1.165) is 19.6 Å². The molecule has 0 amide bonds. The fraction of sp³-hybridized carbons (Fsp3) is 0.368. The zero-order valence-corrected chi connectivity index (χ0v) is 12.9. The molecule has 21 heavy (non-hydrogen) atoms. The fourth-order valence-electron chi connectivity index (χ4n) is 2.99. The molecule has 0 saturated carbocycles. The standard InChI is InChI=1S/C19H24N2/c1-15-13-21(16(2)12-20-15)14-17-8-10-19(11-9-17)18-6-4-3-5-7-18/h3-11,15-16,20H,12-14H2,1-2H3. The van der Waals surface area contributed by atoms with E-state index in [1.54, 1.807) is 0 Å². The Labute approximate surface area is 127 Å². The first-order valence-electron chi connectivity index (χ1n) is 7.84. The average molecular weight is 280 g/mol. The first-order valence-corrected chi connectivity index (χ1v) is 7.84. The monoisotopic (exact) mass is 280 g/mol. The molecule has 2 aromatic carbocycles. The predicted octanol–water partition coefficient (Wildman–Crippen LogP) is 3.54. The van der Waals surface area contributed by atoms with E-state index < -0.39 is 0 Å². The summed E-state index contributed by atoms with van der Waals surface area (Å²) < 4.78 is 0.